The van der Waals surface area contributed by atoms with Crippen LogP contribution in [-0.4, -0.2) is 23.1 Å². The summed E-state index contributed by atoms with van der Waals surface area (Å²) in [4.78, 5) is 22.9. The van der Waals surface area contributed by atoms with Crippen molar-refractivity contribution in [2.45, 2.75) is 32.3 Å². The highest BCUT2D eigenvalue weighted by atomic mass is 19.1. The van der Waals surface area contributed by atoms with Gasteiger partial charge in [0, 0.05) is 35.9 Å². The zero-order chi connectivity index (χ0) is 22.1. The van der Waals surface area contributed by atoms with Gasteiger partial charge < -0.3 is 10.2 Å². The monoisotopic (exact) mass is 429 g/mol. The highest BCUT2D eigenvalue weighted by molar-refractivity contribution is 6.05. The maximum atomic E-state index is 14.8. The van der Waals surface area contributed by atoms with Crippen molar-refractivity contribution >= 4 is 11.6 Å². The first-order valence-corrected chi connectivity index (χ1v) is 10.9. The zero-order valence-corrected chi connectivity index (χ0v) is 17.8. The van der Waals surface area contributed by atoms with Crippen LogP contribution in [0.2, 0.25) is 0 Å². The van der Waals surface area contributed by atoms with Crippen LogP contribution in [0, 0.1) is 18.7 Å². The molecule has 0 radical (unpaired) electrons. The fourth-order valence-corrected chi connectivity index (χ4v) is 3.87. The molecule has 5 rings (SSSR count). The quantitative estimate of drug-likeness (QED) is 0.586. The molecule has 2 aliphatic rings. The van der Waals surface area contributed by atoms with E-state index >= 15 is 0 Å². The van der Waals surface area contributed by atoms with Gasteiger partial charge in [0.2, 0.25) is 0 Å². The van der Waals surface area contributed by atoms with Crippen LogP contribution < -0.4 is 5.32 Å². The maximum Gasteiger partial charge on any atom is 0.251 e. The highest BCUT2D eigenvalue weighted by Crippen LogP contribution is 2.32. The smallest absolute Gasteiger partial charge is 0.251 e. The molecule has 2 aromatic carbocycles. The summed E-state index contributed by atoms with van der Waals surface area (Å²) < 4.78 is 14.8. The number of oxime groups is 1. The molecule has 2 heterocycles. The number of carbonyl (C=O) groups is 1. The van der Waals surface area contributed by atoms with E-state index in [9.17, 15) is 9.18 Å². The summed E-state index contributed by atoms with van der Waals surface area (Å²) in [5.74, 6) is 0.0960. The molecule has 1 N–H and O–H groups in total. The van der Waals surface area contributed by atoms with E-state index in [0.717, 1.165) is 29.7 Å². The van der Waals surface area contributed by atoms with Gasteiger partial charge >= 0.3 is 0 Å². The molecule has 0 bridgehead atoms. The molecule has 1 saturated carbocycles. The van der Waals surface area contributed by atoms with Crippen LogP contribution in [0.4, 0.5) is 4.39 Å². The molecule has 1 atom stereocenters. The van der Waals surface area contributed by atoms with Crippen molar-refractivity contribution in [2.24, 2.45) is 11.1 Å². The molecule has 3 aromatic rings. The number of aromatic nitrogens is 1. The number of amides is 1. The Labute approximate surface area is 186 Å². The van der Waals surface area contributed by atoms with Gasteiger partial charge in [-0.3, -0.25) is 9.78 Å². The van der Waals surface area contributed by atoms with Gasteiger partial charge in [0.05, 0.1) is 11.4 Å². The first kappa shape index (κ1) is 20.4. The lowest BCUT2D eigenvalue weighted by Crippen LogP contribution is -2.25. The van der Waals surface area contributed by atoms with Crippen molar-refractivity contribution in [3.63, 3.8) is 0 Å². The van der Waals surface area contributed by atoms with Crippen LogP contribution in [-0.2, 0) is 4.84 Å². The minimum absolute atomic E-state index is 0.159. The van der Waals surface area contributed by atoms with Gasteiger partial charge in [-0.25, -0.2) is 4.39 Å². The minimum atomic E-state index is -0.317. The number of halogens is 1. The van der Waals surface area contributed by atoms with Crippen molar-refractivity contribution in [1.82, 2.24) is 10.3 Å². The molecule has 162 valence electrons. The number of aryl methyl sites for hydroxylation is 1. The lowest BCUT2D eigenvalue weighted by Gasteiger charge is -2.12. The number of nitrogens with zero attached hydrogens (tertiary/aromatic N) is 2. The molecular formula is C26H24FN3O2. The van der Waals surface area contributed by atoms with E-state index in [4.69, 9.17) is 4.84 Å². The number of pyridine rings is 1. The summed E-state index contributed by atoms with van der Waals surface area (Å²) in [6, 6.07) is 16.2. The molecule has 5 nitrogen and oxygen atoms in total. The van der Waals surface area contributed by atoms with Crippen molar-refractivity contribution in [3.05, 3.63) is 89.0 Å². The second kappa shape index (κ2) is 8.54. The number of nitrogens with one attached hydrogen (secondary N) is 1. The van der Waals surface area contributed by atoms with Crippen LogP contribution in [0.5, 0.6) is 0 Å². The topological polar surface area (TPSA) is 63.6 Å². The molecule has 0 saturated heterocycles. The van der Waals surface area contributed by atoms with Crippen molar-refractivity contribution in [3.8, 4) is 11.1 Å². The van der Waals surface area contributed by atoms with Gasteiger partial charge in [-0.15, -0.1) is 0 Å². The van der Waals surface area contributed by atoms with Crippen LogP contribution in [0.3, 0.4) is 0 Å². The molecule has 1 amide bonds. The molecule has 0 spiro atoms. The summed E-state index contributed by atoms with van der Waals surface area (Å²) in [6.45, 7) is 2.52. The lowest BCUT2D eigenvalue weighted by molar-refractivity contribution is 0.0826. The van der Waals surface area contributed by atoms with E-state index in [1.54, 1.807) is 24.4 Å². The predicted molar refractivity (Wildman–Crippen MR) is 121 cm³/mol. The lowest BCUT2D eigenvalue weighted by atomic mass is 9.94. The van der Waals surface area contributed by atoms with Gasteiger partial charge in [-0.2, -0.15) is 0 Å². The largest absolute Gasteiger partial charge is 0.385 e. The third-order valence-electron chi connectivity index (χ3n) is 5.90. The summed E-state index contributed by atoms with van der Waals surface area (Å²) in [5, 5.41) is 7.27. The van der Waals surface area contributed by atoms with Gasteiger partial charge in [0.15, 0.2) is 6.10 Å². The fourth-order valence-electron chi connectivity index (χ4n) is 3.87. The fraction of sp³-hybridized carbons (Fsp3) is 0.269. The summed E-state index contributed by atoms with van der Waals surface area (Å²) >= 11 is 0. The first-order chi connectivity index (χ1) is 15.6. The average Bonchev–Trinajstić information content (AvgIpc) is 3.51. The van der Waals surface area contributed by atoms with Crippen LogP contribution in [0.15, 0.2) is 65.9 Å². The number of carbonyl (C=O) groups excluding carboxylic acids is 1. The van der Waals surface area contributed by atoms with Crippen LogP contribution >= 0.6 is 0 Å². The Balaban J connectivity index is 1.48. The number of hydrogen-bond acceptors (Lipinski definition) is 4. The van der Waals surface area contributed by atoms with E-state index in [1.807, 2.05) is 37.3 Å². The molecule has 1 fully saturated rings. The SMILES string of the molecule is Cc1ccc(-c2cc(C(=O)NCC3CC3)cc(C3=NOC(c4ccccn4)C3)c2)c(F)c1. The van der Waals surface area contributed by atoms with Crippen LogP contribution in [0.1, 0.15) is 52.5 Å². The Morgan fingerprint density at radius 1 is 1.12 bits per heavy atom. The zero-order valence-electron chi connectivity index (χ0n) is 17.8. The Hall–Kier alpha value is -3.54. The highest BCUT2D eigenvalue weighted by Gasteiger charge is 2.26. The Bertz CT molecular complexity index is 1190. The molecule has 32 heavy (non-hydrogen) atoms. The Morgan fingerprint density at radius 2 is 1.97 bits per heavy atom. The number of rotatable bonds is 6. The summed E-state index contributed by atoms with van der Waals surface area (Å²) in [7, 11) is 0. The normalized spacial score (nSPS) is 17.6. The summed E-state index contributed by atoms with van der Waals surface area (Å²) in [6.07, 6.45) is 4.28. The number of hydrogen-bond donors (Lipinski definition) is 1. The second-order valence-electron chi connectivity index (χ2n) is 8.53. The first-order valence-electron chi connectivity index (χ1n) is 10.9. The molecule has 1 aliphatic heterocycles. The molecule has 1 unspecified atom stereocenters. The molecule has 1 aromatic heterocycles. The van der Waals surface area contributed by atoms with E-state index in [-0.39, 0.29) is 17.8 Å². The van der Waals surface area contributed by atoms with E-state index < -0.39 is 0 Å². The van der Waals surface area contributed by atoms with Crippen molar-refractivity contribution in [1.29, 1.82) is 0 Å². The van der Waals surface area contributed by atoms with Crippen molar-refractivity contribution < 1.29 is 14.0 Å². The van der Waals surface area contributed by atoms with Crippen LogP contribution in [0.25, 0.3) is 11.1 Å². The second-order valence-corrected chi connectivity index (χ2v) is 8.53. The molecular weight excluding hydrogens is 405 g/mol. The third-order valence-corrected chi connectivity index (χ3v) is 5.90. The van der Waals surface area contributed by atoms with Gasteiger partial charge in [-0.1, -0.05) is 23.4 Å². The molecule has 1 aliphatic carbocycles. The molecule has 6 heteroatoms. The minimum Gasteiger partial charge on any atom is -0.385 e. The van der Waals surface area contributed by atoms with E-state index in [1.165, 1.54) is 6.07 Å². The Morgan fingerprint density at radius 3 is 2.72 bits per heavy atom. The Kier molecular flexibility index (Phi) is 5.43. The standard InChI is InChI=1S/C26H24FN3O2/c1-16-5-8-21(22(27)10-16)18-11-19(13-20(12-18)26(31)29-15-17-6-7-17)24-14-25(32-30-24)23-4-2-3-9-28-23/h2-5,8-13,17,25H,6-7,14-15H2,1H3,(H,29,31). The van der Waals surface area contributed by atoms with Crippen molar-refractivity contribution in [2.75, 3.05) is 6.54 Å². The predicted octanol–water partition coefficient (Wildman–Crippen LogP) is 5.20. The van der Waals surface area contributed by atoms with Gasteiger partial charge in [-0.05, 0) is 73.2 Å². The summed E-state index contributed by atoms with van der Waals surface area (Å²) in [5.41, 5.74) is 4.69. The average molecular weight is 429 g/mol. The van der Waals surface area contributed by atoms with E-state index in [2.05, 4.69) is 15.5 Å². The number of benzene rings is 2. The maximum absolute atomic E-state index is 14.8. The third kappa shape index (κ3) is 4.40. The van der Waals surface area contributed by atoms with Gasteiger partial charge in [0.25, 0.3) is 5.91 Å². The van der Waals surface area contributed by atoms with E-state index in [0.29, 0.717) is 41.3 Å². The van der Waals surface area contributed by atoms with Gasteiger partial charge in [0.1, 0.15) is 5.82 Å².